The van der Waals surface area contributed by atoms with E-state index >= 15 is 0 Å². The first-order chi connectivity index (χ1) is 11.4. The lowest BCUT2D eigenvalue weighted by atomic mass is 10.2. The minimum Gasteiger partial charge on any atom is -0.495 e. The molecule has 0 saturated heterocycles. The van der Waals surface area contributed by atoms with E-state index in [4.69, 9.17) is 32.7 Å². The summed E-state index contributed by atoms with van der Waals surface area (Å²) in [6.45, 7) is -0.146. The Morgan fingerprint density at radius 2 is 1.79 bits per heavy atom. The van der Waals surface area contributed by atoms with E-state index in [-0.39, 0.29) is 17.3 Å². The zero-order valence-corrected chi connectivity index (χ0v) is 14.5. The number of nitrogens with one attached hydrogen (secondary N) is 2. The predicted octanol–water partition coefficient (Wildman–Crippen LogP) is 4.20. The average Bonchev–Trinajstić information content (AvgIpc) is 2.55. The van der Waals surface area contributed by atoms with E-state index in [1.165, 1.54) is 32.4 Å². The highest BCUT2D eigenvalue weighted by molar-refractivity contribution is 6.32. The van der Waals surface area contributed by atoms with Crippen molar-refractivity contribution in [2.24, 2.45) is 0 Å². The molecule has 8 heteroatoms. The molecule has 0 aliphatic carbocycles. The van der Waals surface area contributed by atoms with Crippen LogP contribution in [-0.4, -0.2) is 26.7 Å². The molecule has 0 heterocycles. The number of amides is 1. The summed E-state index contributed by atoms with van der Waals surface area (Å²) in [5.74, 6) is -0.163. The van der Waals surface area contributed by atoms with Crippen LogP contribution in [0.25, 0.3) is 0 Å². The van der Waals surface area contributed by atoms with E-state index in [0.717, 1.165) is 6.07 Å². The second-order valence-corrected chi connectivity index (χ2v) is 5.56. The fourth-order valence-corrected chi connectivity index (χ4v) is 2.35. The molecule has 128 valence electrons. The van der Waals surface area contributed by atoms with Crippen molar-refractivity contribution in [2.45, 2.75) is 0 Å². The molecule has 0 aliphatic heterocycles. The van der Waals surface area contributed by atoms with Crippen LogP contribution in [0.4, 0.5) is 15.8 Å². The smallest absolute Gasteiger partial charge is 0.243 e. The van der Waals surface area contributed by atoms with Crippen LogP contribution in [0.3, 0.4) is 0 Å². The van der Waals surface area contributed by atoms with Gasteiger partial charge in [0.05, 0.1) is 37.2 Å². The lowest BCUT2D eigenvalue weighted by Crippen LogP contribution is -2.22. The number of halogens is 3. The molecule has 0 radical (unpaired) electrons. The quantitative estimate of drug-likeness (QED) is 0.797. The van der Waals surface area contributed by atoms with Gasteiger partial charge in [0.25, 0.3) is 0 Å². The third-order valence-electron chi connectivity index (χ3n) is 3.12. The molecule has 0 atom stereocenters. The Bertz CT molecular complexity index is 756. The molecule has 5 nitrogen and oxygen atoms in total. The van der Waals surface area contributed by atoms with Crippen molar-refractivity contribution in [1.29, 1.82) is 0 Å². The second-order valence-electron chi connectivity index (χ2n) is 4.71. The lowest BCUT2D eigenvalue weighted by molar-refractivity contribution is -0.114. The molecule has 0 fully saturated rings. The molecule has 0 saturated carbocycles. The number of rotatable bonds is 6. The zero-order valence-electron chi connectivity index (χ0n) is 13.0. The first kappa shape index (κ1) is 18.2. The molecule has 2 aromatic carbocycles. The summed E-state index contributed by atoms with van der Waals surface area (Å²) >= 11 is 11.7. The molecule has 0 aromatic heterocycles. The van der Waals surface area contributed by atoms with Crippen LogP contribution in [0, 0.1) is 5.82 Å². The SMILES string of the molecule is COc1cc(NC(=O)CNc2ccc(Cl)cc2F)c(OC)cc1Cl. The minimum atomic E-state index is -0.541. The van der Waals surface area contributed by atoms with Gasteiger partial charge in [0.2, 0.25) is 5.91 Å². The maximum Gasteiger partial charge on any atom is 0.243 e. The van der Waals surface area contributed by atoms with Crippen LogP contribution in [-0.2, 0) is 4.79 Å². The number of anilines is 2. The van der Waals surface area contributed by atoms with Crippen molar-refractivity contribution in [3.05, 3.63) is 46.2 Å². The third kappa shape index (κ3) is 4.43. The summed E-state index contributed by atoms with van der Waals surface area (Å²) in [6, 6.07) is 7.22. The standard InChI is InChI=1S/C16H15Cl2FN2O3/c1-23-14-7-13(15(24-2)6-10(14)18)21-16(22)8-20-12-4-3-9(17)5-11(12)19/h3-7,20H,8H2,1-2H3,(H,21,22). The molecule has 2 N–H and O–H groups in total. The van der Waals surface area contributed by atoms with Gasteiger partial charge in [-0.1, -0.05) is 23.2 Å². The van der Waals surface area contributed by atoms with E-state index in [9.17, 15) is 9.18 Å². The van der Waals surface area contributed by atoms with Gasteiger partial charge in [-0.3, -0.25) is 4.79 Å². The average molecular weight is 373 g/mol. The van der Waals surface area contributed by atoms with Crippen molar-refractivity contribution >= 4 is 40.5 Å². The van der Waals surface area contributed by atoms with Crippen molar-refractivity contribution in [2.75, 3.05) is 31.4 Å². The Kier molecular flexibility index (Phi) is 6.11. The largest absolute Gasteiger partial charge is 0.495 e. The fraction of sp³-hybridized carbons (Fsp3) is 0.188. The normalized spacial score (nSPS) is 10.2. The molecule has 0 unspecified atom stereocenters. The summed E-state index contributed by atoms with van der Waals surface area (Å²) in [7, 11) is 2.92. The summed E-state index contributed by atoms with van der Waals surface area (Å²) in [5.41, 5.74) is 0.567. The highest BCUT2D eigenvalue weighted by Gasteiger charge is 2.13. The predicted molar refractivity (Wildman–Crippen MR) is 93.1 cm³/mol. The molecule has 24 heavy (non-hydrogen) atoms. The van der Waals surface area contributed by atoms with Gasteiger partial charge in [0.1, 0.15) is 17.3 Å². The van der Waals surface area contributed by atoms with Gasteiger partial charge < -0.3 is 20.1 Å². The number of carbonyl (C=O) groups excluding carboxylic acids is 1. The van der Waals surface area contributed by atoms with E-state index in [2.05, 4.69) is 10.6 Å². The van der Waals surface area contributed by atoms with Gasteiger partial charge in [0, 0.05) is 17.2 Å². The first-order valence-corrected chi connectivity index (χ1v) is 7.60. The van der Waals surface area contributed by atoms with Crippen LogP contribution in [0.15, 0.2) is 30.3 Å². The molecule has 2 rings (SSSR count). The Labute approximate surface area is 148 Å². The van der Waals surface area contributed by atoms with E-state index in [1.54, 1.807) is 6.07 Å². The van der Waals surface area contributed by atoms with E-state index in [1.807, 2.05) is 0 Å². The molecule has 0 bridgehead atoms. The Balaban J connectivity index is 2.06. The van der Waals surface area contributed by atoms with Gasteiger partial charge in [-0.05, 0) is 18.2 Å². The number of hydrogen-bond acceptors (Lipinski definition) is 4. The lowest BCUT2D eigenvalue weighted by Gasteiger charge is -2.14. The van der Waals surface area contributed by atoms with Crippen LogP contribution < -0.4 is 20.1 Å². The van der Waals surface area contributed by atoms with Gasteiger partial charge in [-0.2, -0.15) is 0 Å². The first-order valence-electron chi connectivity index (χ1n) is 6.85. The summed E-state index contributed by atoms with van der Waals surface area (Å²) in [6.07, 6.45) is 0. The van der Waals surface area contributed by atoms with Crippen LogP contribution in [0.1, 0.15) is 0 Å². The number of ether oxygens (including phenoxy) is 2. The molecular formula is C16H15Cl2FN2O3. The zero-order chi connectivity index (χ0) is 17.7. The Morgan fingerprint density at radius 3 is 2.42 bits per heavy atom. The minimum absolute atomic E-state index is 0.146. The molecule has 1 amide bonds. The second kappa shape index (κ2) is 8.08. The van der Waals surface area contributed by atoms with Crippen molar-refractivity contribution in [1.82, 2.24) is 0 Å². The van der Waals surface area contributed by atoms with E-state index in [0.29, 0.717) is 22.2 Å². The highest BCUT2D eigenvalue weighted by Crippen LogP contribution is 2.35. The Hall–Kier alpha value is -2.18. The molecule has 0 aliphatic rings. The number of carbonyl (C=O) groups is 1. The van der Waals surface area contributed by atoms with Gasteiger partial charge in [-0.15, -0.1) is 0 Å². The topological polar surface area (TPSA) is 59.6 Å². The molecule has 2 aromatic rings. The summed E-state index contributed by atoms with van der Waals surface area (Å²) in [4.78, 5) is 12.1. The van der Waals surface area contributed by atoms with Crippen LogP contribution in [0.2, 0.25) is 10.0 Å². The molecule has 0 spiro atoms. The highest BCUT2D eigenvalue weighted by atomic mass is 35.5. The molecular weight excluding hydrogens is 358 g/mol. The number of hydrogen-bond donors (Lipinski definition) is 2. The maximum atomic E-state index is 13.7. The van der Waals surface area contributed by atoms with E-state index < -0.39 is 11.7 Å². The van der Waals surface area contributed by atoms with Gasteiger partial charge in [-0.25, -0.2) is 4.39 Å². The number of methoxy groups -OCH3 is 2. The monoisotopic (exact) mass is 372 g/mol. The Morgan fingerprint density at radius 1 is 1.08 bits per heavy atom. The third-order valence-corrected chi connectivity index (χ3v) is 3.65. The van der Waals surface area contributed by atoms with Gasteiger partial charge in [0.15, 0.2) is 0 Å². The van der Waals surface area contributed by atoms with Crippen molar-refractivity contribution in [3.8, 4) is 11.5 Å². The fourth-order valence-electron chi connectivity index (χ4n) is 1.96. The van der Waals surface area contributed by atoms with Crippen molar-refractivity contribution in [3.63, 3.8) is 0 Å². The maximum absolute atomic E-state index is 13.7. The van der Waals surface area contributed by atoms with Crippen molar-refractivity contribution < 1.29 is 18.7 Å². The van der Waals surface area contributed by atoms with Crippen LogP contribution in [0.5, 0.6) is 11.5 Å². The van der Waals surface area contributed by atoms with Crippen LogP contribution >= 0.6 is 23.2 Å². The summed E-state index contributed by atoms with van der Waals surface area (Å²) < 4.78 is 23.9. The van der Waals surface area contributed by atoms with Gasteiger partial charge >= 0.3 is 0 Å². The number of benzene rings is 2. The summed E-state index contributed by atoms with van der Waals surface area (Å²) in [5, 5.41) is 5.98.